The van der Waals surface area contributed by atoms with Gasteiger partial charge in [0.2, 0.25) is 0 Å². The number of aryl methyl sites for hydroxylation is 1. The zero-order valence-corrected chi connectivity index (χ0v) is 11.9. The van der Waals surface area contributed by atoms with Crippen LogP contribution in [-0.2, 0) is 0 Å². The summed E-state index contributed by atoms with van der Waals surface area (Å²) in [5.41, 5.74) is 9.51. The molecule has 0 aliphatic carbocycles. The van der Waals surface area contributed by atoms with E-state index in [1.165, 1.54) is 0 Å². The van der Waals surface area contributed by atoms with Crippen LogP contribution in [0.3, 0.4) is 0 Å². The van der Waals surface area contributed by atoms with Crippen molar-refractivity contribution >= 4 is 22.4 Å². The highest BCUT2D eigenvalue weighted by atomic mass is 16.5. The third-order valence-electron chi connectivity index (χ3n) is 3.55. The van der Waals surface area contributed by atoms with Crippen LogP contribution in [0.1, 0.15) is 21.5 Å². The summed E-state index contributed by atoms with van der Waals surface area (Å²) in [5, 5.41) is 0.898. The molecular weight excluding hydrogens is 264 g/mol. The molecule has 1 heterocycles. The minimum Gasteiger partial charge on any atom is -0.496 e. The normalized spacial score (nSPS) is 10.8. The highest BCUT2D eigenvalue weighted by Crippen LogP contribution is 2.27. The number of H-pyrrole nitrogens is 1. The van der Waals surface area contributed by atoms with Gasteiger partial charge < -0.3 is 15.5 Å². The van der Waals surface area contributed by atoms with Gasteiger partial charge in [0.15, 0.2) is 5.78 Å². The molecule has 21 heavy (non-hydrogen) atoms. The van der Waals surface area contributed by atoms with Crippen molar-refractivity contribution in [3.05, 3.63) is 59.3 Å². The van der Waals surface area contributed by atoms with Gasteiger partial charge in [-0.05, 0) is 36.8 Å². The summed E-state index contributed by atoms with van der Waals surface area (Å²) >= 11 is 0. The number of fused-ring (bicyclic) bond motifs is 1. The van der Waals surface area contributed by atoms with Crippen LogP contribution in [-0.4, -0.2) is 17.9 Å². The van der Waals surface area contributed by atoms with Gasteiger partial charge in [0.1, 0.15) is 5.75 Å². The number of carbonyl (C=O) groups excluding carboxylic acids is 1. The average Bonchev–Trinajstić information content (AvgIpc) is 2.89. The van der Waals surface area contributed by atoms with E-state index in [-0.39, 0.29) is 5.78 Å². The molecule has 0 amide bonds. The lowest BCUT2D eigenvalue weighted by Gasteiger charge is -2.08. The number of ketones is 1. The van der Waals surface area contributed by atoms with Crippen LogP contribution in [0.25, 0.3) is 10.9 Å². The second kappa shape index (κ2) is 4.98. The molecule has 0 saturated carbocycles. The summed E-state index contributed by atoms with van der Waals surface area (Å²) in [5.74, 6) is 0.421. The Morgan fingerprint density at radius 2 is 1.95 bits per heavy atom. The van der Waals surface area contributed by atoms with Crippen molar-refractivity contribution < 1.29 is 9.53 Å². The van der Waals surface area contributed by atoms with Crippen LogP contribution in [0.15, 0.2) is 42.6 Å². The number of nitrogens with two attached hydrogens (primary N) is 1. The highest BCUT2D eigenvalue weighted by molar-refractivity contribution is 6.17. The molecule has 0 unspecified atom stereocenters. The first-order chi connectivity index (χ1) is 10.1. The van der Waals surface area contributed by atoms with Crippen molar-refractivity contribution in [3.8, 4) is 5.75 Å². The Labute approximate surface area is 122 Å². The van der Waals surface area contributed by atoms with Crippen LogP contribution in [0.2, 0.25) is 0 Å². The number of hydrogen-bond acceptors (Lipinski definition) is 3. The topological polar surface area (TPSA) is 68.1 Å². The maximum atomic E-state index is 12.8. The number of carbonyl (C=O) groups is 1. The Morgan fingerprint density at radius 3 is 2.71 bits per heavy atom. The van der Waals surface area contributed by atoms with Crippen LogP contribution >= 0.6 is 0 Å². The average molecular weight is 280 g/mol. The number of anilines is 1. The van der Waals surface area contributed by atoms with E-state index in [4.69, 9.17) is 10.5 Å². The zero-order chi connectivity index (χ0) is 15.0. The third-order valence-corrected chi connectivity index (χ3v) is 3.55. The van der Waals surface area contributed by atoms with E-state index in [9.17, 15) is 4.79 Å². The van der Waals surface area contributed by atoms with E-state index >= 15 is 0 Å². The van der Waals surface area contributed by atoms with E-state index < -0.39 is 0 Å². The maximum absolute atomic E-state index is 12.8. The summed E-state index contributed by atoms with van der Waals surface area (Å²) in [4.78, 5) is 15.9. The lowest BCUT2D eigenvalue weighted by atomic mass is 10.0. The van der Waals surface area contributed by atoms with E-state index in [1.807, 2.05) is 25.1 Å². The first-order valence-electron chi connectivity index (χ1n) is 6.66. The molecule has 0 atom stereocenters. The molecule has 4 nitrogen and oxygen atoms in total. The van der Waals surface area contributed by atoms with Crippen LogP contribution < -0.4 is 10.5 Å². The second-order valence-electron chi connectivity index (χ2n) is 5.04. The minimum atomic E-state index is -0.103. The molecule has 4 heteroatoms. The SMILES string of the molecule is COc1ccc(N)cc1C(=O)c1c[nH]c2cc(C)ccc12. The molecular formula is C17H16N2O2. The Hall–Kier alpha value is -2.75. The molecule has 3 rings (SSSR count). The number of nitrogens with one attached hydrogen (secondary N) is 1. The van der Waals surface area contributed by atoms with Crippen molar-refractivity contribution in [3.63, 3.8) is 0 Å². The lowest BCUT2D eigenvalue weighted by molar-refractivity contribution is 0.103. The van der Waals surface area contributed by atoms with Crippen molar-refractivity contribution in [2.45, 2.75) is 6.92 Å². The molecule has 0 radical (unpaired) electrons. The third kappa shape index (κ3) is 2.25. The van der Waals surface area contributed by atoms with Crippen molar-refractivity contribution in [1.29, 1.82) is 0 Å². The smallest absolute Gasteiger partial charge is 0.198 e. The van der Waals surface area contributed by atoms with Gasteiger partial charge in [0.05, 0.1) is 12.7 Å². The number of aromatic amines is 1. The van der Waals surface area contributed by atoms with Gasteiger partial charge in [-0.3, -0.25) is 4.79 Å². The van der Waals surface area contributed by atoms with Crippen molar-refractivity contribution in [1.82, 2.24) is 4.98 Å². The van der Waals surface area contributed by atoms with Gasteiger partial charge in [-0.25, -0.2) is 0 Å². The van der Waals surface area contributed by atoms with Gasteiger partial charge in [-0.1, -0.05) is 12.1 Å². The van der Waals surface area contributed by atoms with E-state index in [0.29, 0.717) is 22.6 Å². The summed E-state index contributed by atoms with van der Waals surface area (Å²) in [7, 11) is 1.54. The number of nitrogen functional groups attached to an aromatic ring is 1. The standard InChI is InChI=1S/C17H16N2O2/c1-10-3-5-12-14(9-19-15(12)7-10)17(20)13-8-11(18)4-6-16(13)21-2/h3-9,19H,18H2,1-2H3. The monoisotopic (exact) mass is 280 g/mol. The number of ether oxygens (including phenoxy) is 1. The number of hydrogen-bond donors (Lipinski definition) is 2. The van der Waals surface area contributed by atoms with Crippen molar-refractivity contribution in [2.75, 3.05) is 12.8 Å². The molecule has 0 aliphatic rings. The predicted molar refractivity (Wildman–Crippen MR) is 83.9 cm³/mol. The van der Waals surface area contributed by atoms with E-state index in [2.05, 4.69) is 4.98 Å². The lowest BCUT2D eigenvalue weighted by Crippen LogP contribution is -2.04. The molecule has 0 saturated heterocycles. The zero-order valence-electron chi connectivity index (χ0n) is 11.9. The van der Waals surface area contributed by atoms with Crippen LogP contribution in [0.5, 0.6) is 5.75 Å². The summed E-state index contributed by atoms with van der Waals surface area (Å²) in [6.45, 7) is 2.02. The quantitative estimate of drug-likeness (QED) is 0.571. The fraction of sp³-hybridized carbons (Fsp3) is 0.118. The Kier molecular flexibility index (Phi) is 3.14. The molecule has 1 aromatic heterocycles. The molecule has 0 bridgehead atoms. The molecule has 2 aromatic carbocycles. The summed E-state index contributed by atoms with van der Waals surface area (Å²) in [6, 6.07) is 11.0. The molecule has 0 fully saturated rings. The highest BCUT2D eigenvalue weighted by Gasteiger charge is 2.18. The van der Waals surface area contributed by atoms with E-state index in [1.54, 1.807) is 31.5 Å². The molecule has 3 aromatic rings. The molecule has 106 valence electrons. The van der Waals surface area contributed by atoms with Crippen LogP contribution in [0.4, 0.5) is 5.69 Å². The number of rotatable bonds is 3. The van der Waals surface area contributed by atoms with Crippen molar-refractivity contribution in [2.24, 2.45) is 0 Å². The summed E-state index contributed by atoms with van der Waals surface area (Å²) in [6.07, 6.45) is 1.73. The Balaban J connectivity index is 2.15. The molecule has 0 spiro atoms. The fourth-order valence-electron chi connectivity index (χ4n) is 2.48. The van der Waals surface area contributed by atoms with E-state index in [0.717, 1.165) is 16.5 Å². The first-order valence-corrected chi connectivity index (χ1v) is 6.66. The molecule has 3 N–H and O–H groups in total. The Bertz CT molecular complexity index is 834. The van der Waals surface area contributed by atoms with Gasteiger partial charge in [0, 0.05) is 28.4 Å². The predicted octanol–water partition coefficient (Wildman–Crippen LogP) is 3.30. The number of methoxy groups -OCH3 is 1. The fourth-order valence-corrected chi connectivity index (χ4v) is 2.48. The van der Waals surface area contributed by atoms with Gasteiger partial charge >= 0.3 is 0 Å². The first kappa shape index (κ1) is 13.2. The van der Waals surface area contributed by atoms with Gasteiger partial charge in [-0.2, -0.15) is 0 Å². The maximum Gasteiger partial charge on any atom is 0.198 e. The number of aromatic nitrogens is 1. The molecule has 0 aliphatic heterocycles. The van der Waals surface area contributed by atoms with Crippen LogP contribution in [0, 0.1) is 6.92 Å². The minimum absolute atomic E-state index is 0.103. The van der Waals surface area contributed by atoms with Gasteiger partial charge in [-0.15, -0.1) is 0 Å². The second-order valence-corrected chi connectivity index (χ2v) is 5.04. The van der Waals surface area contributed by atoms with Gasteiger partial charge in [0.25, 0.3) is 0 Å². The number of benzene rings is 2. The summed E-state index contributed by atoms with van der Waals surface area (Å²) < 4.78 is 5.26. The largest absolute Gasteiger partial charge is 0.496 e. The Morgan fingerprint density at radius 1 is 1.14 bits per heavy atom.